The molecule has 2 aromatic rings. The molecule has 9 heteroatoms. The fourth-order valence-corrected chi connectivity index (χ4v) is 16.3. The van der Waals surface area contributed by atoms with Gasteiger partial charge < -0.3 is 4.12 Å². The highest BCUT2D eigenvalue weighted by molar-refractivity contribution is 8.77. The Labute approximate surface area is 194 Å². The molecule has 160 valence electrons. The van der Waals surface area contributed by atoms with E-state index in [2.05, 4.69) is 48.3 Å². The van der Waals surface area contributed by atoms with Crippen LogP contribution in [0, 0.1) is 0 Å². The standard InChI is InChI=1S/C20H32N2OS4Si2/c1-28(2,17-9-15-24-26-19-11-5-7-13-21-19)23-29(3,4)18-10-16-25-27-20-12-6-8-14-22-20/h5-8,11-14H,9-10,15-18H2,1-4H3. The smallest absolute Gasteiger partial charge is 0.173 e. The second kappa shape index (κ2) is 13.5. The molecule has 0 spiro atoms. The van der Waals surface area contributed by atoms with Crippen molar-refractivity contribution >= 4 is 59.8 Å². The van der Waals surface area contributed by atoms with Crippen LogP contribution in [0.15, 0.2) is 58.8 Å². The molecule has 3 nitrogen and oxygen atoms in total. The first kappa shape index (κ1) is 25.4. The summed E-state index contributed by atoms with van der Waals surface area (Å²) >= 11 is 0. The van der Waals surface area contributed by atoms with Crippen LogP contribution in [0.25, 0.3) is 0 Å². The molecule has 0 radical (unpaired) electrons. The Kier molecular flexibility index (Phi) is 11.8. The van der Waals surface area contributed by atoms with Crippen molar-refractivity contribution in [1.29, 1.82) is 0 Å². The van der Waals surface area contributed by atoms with Gasteiger partial charge in [0.2, 0.25) is 0 Å². The zero-order chi connectivity index (χ0) is 21.0. The molecule has 0 aliphatic rings. The van der Waals surface area contributed by atoms with Gasteiger partial charge in [0.25, 0.3) is 0 Å². The van der Waals surface area contributed by atoms with E-state index in [0.717, 1.165) is 21.6 Å². The first-order chi connectivity index (χ1) is 13.9. The lowest BCUT2D eigenvalue weighted by Crippen LogP contribution is -2.44. The average Bonchev–Trinajstić information content (AvgIpc) is 2.68. The molecular formula is C20H32N2OS4Si2. The number of hydrogen-bond acceptors (Lipinski definition) is 7. The number of hydrogen-bond donors (Lipinski definition) is 0. The molecule has 0 atom stereocenters. The minimum absolute atomic E-state index is 1.10. The summed E-state index contributed by atoms with van der Waals surface area (Å²) in [6.45, 7) is 9.57. The first-order valence-corrected chi connectivity index (χ1v) is 20.8. The SMILES string of the molecule is C[Si](C)(CCCSSc1ccccn1)O[Si](C)(C)CCCSSc1ccccn1. The average molecular weight is 501 g/mol. The Morgan fingerprint density at radius 1 is 0.724 bits per heavy atom. The quantitative estimate of drug-likeness (QED) is 0.148. The largest absolute Gasteiger partial charge is 0.455 e. The summed E-state index contributed by atoms with van der Waals surface area (Å²) in [6.07, 6.45) is 6.17. The molecule has 2 rings (SSSR count). The van der Waals surface area contributed by atoms with Gasteiger partial charge in [-0.3, -0.25) is 0 Å². The van der Waals surface area contributed by atoms with Crippen molar-refractivity contribution in [3.63, 3.8) is 0 Å². The predicted octanol–water partition coefficient (Wildman–Crippen LogP) is 7.86. The molecule has 0 saturated carbocycles. The van der Waals surface area contributed by atoms with E-state index in [1.807, 2.05) is 58.2 Å². The second-order valence-corrected chi connectivity index (χ2v) is 21.7. The molecule has 2 heterocycles. The number of aromatic nitrogens is 2. The van der Waals surface area contributed by atoms with E-state index in [9.17, 15) is 0 Å². The monoisotopic (exact) mass is 500 g/mol. The first-order valence-electron chi connectivity index (χ1n) is 9.98. The van der Waals surface area contributed by atoms with Crippen molar-refractivity contribution in [3.05, 3.63) is 48.8 Å². The summed E-state index contributed by atoms with van der Waals surface area (Å²) in [5.41, 5.74) is 0. The minimum atomic E-state index is -1.59. The molecule has 29 heavy (non-hydrogen) atoms. The van der Waals surface area contributed by atoms with E-state index >= 15 is 0 Å². The second-order valence-electron chi connectivity index (χ2n) is 7.98. The summed E-state index contributed by atoms with van der Waals surface area (Å²) in [7, 11) is 4.19. The summed E-state index contributed by atoms with van der Waals surface area (Å²) in [6, 6.07) is 14.6. The summed E-state index contributed by atoms with van der Waals surface area (Å²) in [4.78, 5) is 8.71. The Hall–Kier alpha value is 0.0938. The van der Waals surface area contributed by atoms with Crippen LogP contribution in [0.3, 0.4) is 0 Å². The third-order valence-corrected chi connectivity index (χ3v) is 16.4. The molecule has 0 aliphatic heterocycles. The number of pyridine rings is 2. The maximum absolute atomic E-state index is 6.78. The van der Waals surface area contributed by atoms with Crippen LogP contribution >= 0.6 is 43.2 Å². The Bertz CT molecular complexity index is 634. The third kappa shape index (κ3) is 11.9. The minimum Gasteiger partial charge on any atom is -0.455 e. The van der Waals surface area contributed by atoms with Crippen LogP contribution in [0.2, 0.25) is 38.3 Å². The van der Waals surface area contributed by atoms with E-state index in [0.29, 0.717) is 0 Å². The van der Waals surface area contributed by atoms with E-state index in [1.165, 1.54) is 24.9 Å². The van der Waals surface area contributed by atoms with Crippen LogP contribution in [-0.2, 0) is 4.12 Å². The lowest BCUT2D eigenvalue weighted by Gasteiger charge is -2.34. The van der Waals surface area contributed by atoms with Crippen LogP contribution in [-0.4, -0.2) is 38.1 Å². The Balaban J connectivity index is 1.57. The maximum Gasteiger partial charge on any atom is 0.173 e. The summed E-state index contributed by atoms with van der Waals surface area (Å²) in [5.74, 6) is 2.31. The topological polar surface area (TPSA) is 35.0 Å². The molecule has 0 saturated heterocycles. The van der Waals surface area contributed by atoms with Gasteiger partial charge in [-0.05, 0) is 97.0 Å². The van der Waals surface area contributed by atoms with E-state index in [4.69, 9.17) is 4.12 Å². The van der Waals surface area contributed by atoms with Crippen molar-refractivity contribution in [2.45, 2.75) is 61.2 Å². The lowest BCUT2D eigenvalue weighted by molar-refractivity contribution is 0.534. The lowest BCUT2D eigenvalue weighted by atomic mass is 10.5. The van der Waals surface area contributed by atoms with Crippen molar-refractivity contribution in [3.8, 4) is 0 Å². The molecule has 0 unspecified atom stereocenters. The van der Waals surface area contributed by atoms with Crippen molar-refractivity contribution < 1.29 is 4.12 Å². The molecule has 0 aromatic carbocycles. The zero-order valence-corrected chi connectivity index (χ0v) is 23.1. The highest BCUT2D eigenvalue weighted by Gasteiger charge is 2.32. The Morgan fingerprint density at radius 2 is 1.17 bits per heavy atom. The van der Waals surface area contributed by atoms with Gasteiger partial charge in [-0.25, -0.2) is 9.97 Å². The van der Waals surface area contributed by atoms with Gasteiger partial charge >= 0.3 is 0 Å². The van der Waals surface area contributed by atoms with E-state index in [1.54, 1.807) is 21.6 Å². The molecule has 0 bridgehead atoms. The summed E-state index contributed by atoms with van der Waals surface area (Å²) < 4.78 is 6.78. The fourth-order valence-electron chi connectivity index (χ4n) is 2.96. The fraction of sp³-hybridized carbons (Fsp3) is 0.500. The van der Waals surface area contributed by atoms with Gasteiger partial charge in [-0.2, -0.15) is 0 Å². The third-order valence-electron chi connectivity index (χ3n) is 4.13. The van der Waals surface area contributed by atoms with Gasteiger partial charge in [-0.15, -0.1) is 0 Å². The molecule has 0 aliphatic carbocycles. The predicted molar refractivity (Wildman–Crippen MR) is 140 cm³/mol. The highest BCUT2D eigenvalue weighted by Crippen LogP contribution is 2.33. The van der Waals surface area contributed by atoms with Crippen LogP contribution in [0.4, 0.5) is 0 Å². The van der Waals surface area contributed by atoms with Crippen LogP contribution < -0.4 is 0 Å². The van der Waals surface area contributed by atoms with Crippen molar-refractivity contribution in [2.75, 3.05) is 11.5 Å². The summed E-state index contributed by atoms with van der Waals surface area (Å²) in [5, 5.41) is 2.19. The maximum atomic E-state index is 6.78. The number of nitrogens with zero attached hydrogens (tertiary/aromatic N) is 2. The van der Waals surface area contributed by atoms with Gasteiger partial charge in [0.05, 0.1) is 0 Å². The molecule has 2 aromatic heterocycles. The van der Waals surface area contributed by atoms with Gasteiger partial charge in [0.15, 0.2) is 16.6 Å². The molecule has 0 amide bonds. The van der Waals surface area contributed by atoms with Gasteiger partial charge in [-0.1, -0.05) is 33.7 Å². The highest BCUT2D eigenvalue weighted by atomic mass is 33.1. The molecule has 0 fully saturated rings. The van der Waals surface area contributed by atoms with Crippen molar-refractivity contribution in [1.82, 2.24) is 9.97 Å². The number of rotatable bonds is 14. The van der Waals surface area contributed by atoms with E-state index < -0.39 is 16.6 Å². The van der Waals surface area contributed by atoms with Crippen molar-refractivity contribution in [2.24, 2.45) is 0 Å². The van der Waals surface area contributed by atoms with Gasteiger partial charge in [0.1, 0.15) is 10.1 Å². The Morgan fingerprint density at radius 3 is 1.55 bits per heavy atom. The van der Waals surface area contributed by atoms with E-state index in [-0.39, 0.29) is 0 Å². The normalized spacial score (nSPS) is 12.3. The van der Waals surface area contributed by atoms with Crippen LogP contribution in [0.1, 0.15) is 12.8 Å². The van der Waals surface area contributed by atoms with Crippen LogP contribution in [0.5, 0.6) is 0 Å². The molecular weight excluding hydrogens is 469 g/mol. The van der Waals surface area contributed by atoms with Gasteiger partial charge in [0, 0.05) is 23.9 Å². The molecule has 0 N–H and O–H groups in total. The zero-order valence-electron chi connectivity index (χ0n) is 17.8.